The van der Waals surface area contributed by atoms with Crippen molar-refractivity contribution in [2.75, 3.05) is 24.8 Å². The monoisotopic (exact) mass is 324 g/mol. The number of nitrogens with zero attached hydrogens (tertiary/aromatic N) is 2. The third-order valence-corrected chi connectivity index (χ3v) is 3.42. The van der Waals surface area contributed by atoms with Gasteiger partial charge < -0.3 is 20.5 Å². The fourth-order valence-corrected chi connectivity index (χ4v) is 2.04. The first-order chi connectivity index (χ1) is 11.0. The lowest BCUT2D eigenvalue weighted by atomic mass is 10.1. The number of esters is 1. The number of hydrogen-bond donors (Lipinski definition) is 2. The van der Waals surface area contributed by atoms with E-state index in [4.69, 9.17) is 15.2 Å². The van der Waals surface area contributed by atoms with Crippen LogP contribution in [-0.4, -0.2) is 35.7 Å². The Labute approximate surface area is 138 Å². The second-order valence-electron chi connectivity index (χ2n) is 5.74. The summed E-state index contributed by atoms with van der Waals surface area (Å²) < 4.78 is 10.5. The average Bonchev–Trinajstić information content (AvgIpc) is 2.52. The van der Waals surface area contributed by atoms with Gasteiger partial charge in [0.1, 0.15) is 0 Å². The Morgan fingerprint density at radius 3 is 2.74 bits per heavy atom. The maximum absolute atomic E-state index is 11.5. The molecule has 1 atom stereocenters. The van der Waals surface area contributed by atoms with Crippen molar-refractivity contribution in [2.45, 2.75) is 52.5 Å². The van der Waals surface area contributed by atoms with E-state index >= 15 is 0 Å². The average molecular weight is 324 g/mol. The number of carbonyl (C=O) groups excluding carboxylic acids is 1. The molecule has 0 spiro atoms. The van der Waals surface area contributed by atoms with E-state index < -0.39 is 0 Å². The molecule has 0 aliphatic carbocycles. The van der Waals surface area contributed by atoms with Gasteiger partial charge in [-0.3, -0.25) is 4.79 Å². The van der Waals surface area contributed by atoms with Gasteiger partial charge in [-0.1, -0.05) is 33.6 Å². The van der Waals surface area contributed by atoms with E-state index in [1.54, 1.807) is 13.3 Å². The quantitative estimate of drug-likeness (QED) is 0.638. The lowest BCUT2D eigenvalue weighted by Crippen LogP contribution is -2.24. The summed E-state index contributed by atoms with van der Waals surface area (Å²) in [7, 11) is 1.56. The fraction of sp³-hybridized carbons (Fsp3) is 0.688. The van der Waals surface area contributed by atoms with Gasteiger partial charge in [-0.2, -0.15) is 4.98 Å². The van der Waals surface area contributed by atoms with Crippen molar-refractivity contribution < 1.29 is 14.3 Å². The first-order valence-electron chi connectivity index (χ1n) is 8.07. The first-order valence-corrected chi connectivity index (χ1v) is 8.07. The van der Waals surface area contributed by atoms with Gasteiger partial charge in [0.15, 0.2) is 11.6 Å². The molecule has 0 fully saturated rings. The Kier molecular flexibility index (Phi) is 8.15. The molecular formula is C16H28N4O3. The van der Waals surface area contributed by atoms with Crippen LogP contribution in [0, 0.1) is 5.92 Å². The van der Waals surface area contributed by atoms with Gasteiger partial charge in [0.05, 0.1) is 25.8 Å². The zero-order valence-corrected chi connectivity index (χ0v) is 14.5. The molecular weight excluding hydrogens is 296 g/mol. The molecule has 0 aliphatic rings. The molecule has 0 aliphatic heterocycles. The maximum Gasteiger partial charge on any atom is 0.308 e. The number of anilines is 2. The number of nitrogens with one attached hydrogen (secondary N) is 1. The second-order valence-corrected chi connectivity index (χ2v) is 5.74. The van der Waals surface area contributed by atoms with E-state index in [1.165, 1.54) is 0 Å². The Morgan fingerprint density at radius 1 is 1.39 bits per heavy atom. The molecule has 0 aromatic carbocycles. The molecule has 23 heavy (non-hydrogen) atoms. The van der Waals surface area contributed by atoms with Gasteiger partial charge >= 0.3 is 5.97 Å². The van der Waals surface area contributed by atoms with Crippen LogP contribution in [0.25, 0.3) is 0 Å². The molecule has 1 aromatic rings. The molecule has 0 amide bonds. The molecule has 7 nitrogen and oxygen atoms in total. The van der Waals surface area contributed by atoms with Crippen LogP contribution in [0.15, 0.2) is 6.20 Å². The van der Waals surface area contributed by atoms with Crippen LogP contribution in [0.3, 0.4) is 0 Å². The molecule has 130 valence electrons. The van der Waals surface area contributed by atoms with Gasteiger partial charge in [0, 0.05) is 12.5 Å². The van der Waals surface area contributed by atoms with Crippen molar-refractivity contribution in [3.05, 3.63) is 6.20 Å². The molecule has 0 bridgehead atoms. The van der Waals surface area contributed by atoms with Crippen LogP contribution in [0.4, 0.5) is 11.8 Å². The number of hydrogen-bond acceptors (Lipinski definition) is 7. The van der Waals surface area contributed by atoms with E-state index in [-0.39, 0.29) is 23.9 Å². The largest absolute Gasteiger partial charge is 0.491 e. The van der Waals surface area contributed by atoms with Crippen molar-refractivity contribution in [2.24, 2.45) is 5.92 Å². The van der Waals surface area contributed by atoms with E-state index in [0.29, 0.717) is 24.6 Å². The van der Waals surface area contributed by atoms with E-state index in [1.807, 2.05) is 13.8 Å². The Bertz CT molecular complexity index is 494. The number of aromatic nitrogens is 2. The smallest absolute Gasteiger partial charge is 0.308 e. The van der Waals surface area contributed by atoms with Gasteiger partial charge in [0.25, 0.3) is 0 Å². The summed E-state index contributed by atoms with van der Waals surface area (Å²) in [5, 5.41) is 3.33. The molecule has 0 saturated carbocycles. The highest BCUT2D eigenvalue weighted by Gasteiger charge is 2.15. The first kappa shape index (κ1) is 19.0. The molecule has 1 aromatic heterocycles. The third-order valence-electron chi connectivity index (χ3n) is 3.42. The minimum absolute atomic E-state index is 0.112. The molecule has 3 N–H and O–H groups in total. The Morgan fingerprint density at radius 2 is 2.13 bits per heavy atom. The third kappa shape index (κ3) is 6.71. The summed E-state index contributed by atoms with van der Waals surface area (Å²) in [6.07, 6.45) is 5.35. The van der Waals surface area contributed by atoms with Crippen LogP contribution in [-0.2, 0) is 9.53 Å². The summed E-state index contributed by atoms with van der Waals surface area (Å²) in [5.74, 6) is 1.01. The normalized spacial score (nSPS) is 12.0. The van der Waals surface area contributed by atoms with Crippen molar-refractivity contribution in [1.82, 2.24) is 9.97 Å². The minimum atomic E-state index is -0.178. The Hall–Kier alpha value is -2.05. The van der Waals surface area contributed by atoms with E-state index in [0.717, 1.165) is 19.3 Å². The van der Waals surface area contributed by atoms with Gasteiger partial charge in [0.2, 0.25) is 5.95 Å². The van der Waals surface area contributed by atoms with Gasteiger partial charge in [-0.15, -0.1) is 0 Å². The van der Waals surface area contributed by atoms with Crippen molar-refractivity contribution >= 4 is 17.7 Å². The highest BCUT2D eigenvalue weighted by molar-refractivity contribution is 5.71. The van der Waals surface area contributed by atoms with Gasteiger partial charge in [-0.25, -0.2) is 4.98 Å². The van der Waals surface area contributed by atoms with Crippen molar-refractivity contribution in [3.63, 3.8) is 0 Å². The summed E-state index contributed by atoms with van der Waals surface area (Å²) >= 11 is 0. The van der Waals surface area contributed by atoms with Crippen molar-refractivity contribution in [1.29, 1.82) is 0 Å². The maximum atomic E-state index is 11.5. The molecule has 7 heteroatoms. The standard InChI is InChI=1S/C16H28N4O3/c1-5-6-7-12(8-9-23-15(21)11(2)3)19-14-13(22-4)10-18-16(17)20-14/h10-12H,5-9H2,1-4H3,(H3,17,18,19,20)/t12-/m0/s1. The number of methoxy groups -OCH3 is 1. The molecule has 0 radical (unpaired) electrons. The van der Waals surface area contributed by atoms with Gasteiger partial charge in [-0.05, 0) is 6.42 Å². The lowest BCUT2D eigenvalue weighted by molar-refractivity contribution is -0.147. The molecule has 1 heterocycles. The van der Waals surface area contributed by atoms with Crippen LogP contribution in [0.1, 0.15) is 46.5 Å². The summed E-state index contributed by atoms with van der Waals surface area (Å²) in [6, 6.07) is 0.123. The lowest BCUT2D eigenvalue weighted by Gasteiger charge is -2.20. The number of nitrogen functional groups attached to an aromatic ring is 1. The fourth-order valence-electron chi connectivity index (χ4n) is 2.04. The molecule has 0 unspecified atom stereocenters. The number of unbranched alkanes of at least 4 members (excludes halogenated alkanes) is 1. The van der Waals surface area contributed by atoms with Crippen LogP contribution in [0.2, 0.25) is 0 Å². The predicted molar refractivity (Wildman–Crippen MR) is 90.3 cm³/mol. The summed E-state index contributed by atoms with van der Waals surface area (Å²) in [4.78, 5) is 19.6. The highest BCUT2D eigenvalue weighted by atomic mass is 16.5. The highest BCUT2D eigenvalue weighted by Crippen LogP contribution is 2.23. The Balaban J connectivity index is 2.67. The SMILES string of the molecule is CCCC[C@@H](CCOC(=O)C(C)C)Nc1nc(N)ncc1OC. The van der Waals surface area contributed by atoms with Crippen LogP contribution < -0.4 is 15.8 Å². The zero-order chi connectivity index (χ0) is 17.2. The zero-order valence-electron chi connectivity index (χ0n) is 14.5. The topological polar surface area (TPSA) is 99.4 Å². The predicted octanol–water partition coefficient (Wildman–Crippen LogP) is 2.63. The summed E-state index contributed by atoms with van der Waals surface area (Å²) in [5.41, 5.74) is 5.64. The number of nitrogens with two attached hydrogens (primary N) is 1. The number of rotatable bonds is 10. The molecule has 0 saturated heterocycles. The summed E-state index contributed by atoms with van der Waals surface area (Å²) in [6.45, 7) is 6.16. The van der Waals surface area contributed by atoms with E-state index in [9.17, 15) is 4.79 Å². The van der Waals surface area contributed by atoms with Crippen LogP contribution >= 0.6 is 0 Å². The number of ether oxygens (including phenoxy) is 2. The minimum Gasteiger partial charge on any atom is -0.491 e. The second kappa shape index (κ2) is 9.86. The van der Waals surface area contributed by atoms with Crippen molar-refractivity contribution in [3.8, 4) is 5.75 Å². The number of carbonyl (C=O) groups is 1. The van der Waals surface area contributed by atoms with Crippen LogP contribution in [0.5, 0.6) is 5.75 Å². The van der Waals surface area contributed by atoms with E-state index in [2.05, 4.69) is 22.2 Å². The molecule has 1 rings (SSSR count).